The van der Waals surface area contributed by atoms with Gasteiger partial charge in [-0.3, -0.25) is 0 Å². The Bertz CT molecular complexity index is 920. The number of anilines is 1. The fraction of sp³-hybridized carbons (Fsp3) is 0.235. The average molecular weight is 345 g/mol. The molecule has 7 heteroatoms. The first kappa shape index (κ1) is 16.3. The van der Waals surface area contributed by atoms with Gasteiger partial charge in [0.25, 0.3) is 0 Å². The first-order valence-corrected chi connectivity index (χ1v) is 7.92. The van der Waals surface area contributed by atoms with Crippen molar-refractivity contribution in [2.24, 2.45) is 0 Å². The van der Waals surface area contributed by atoms with E-state index >= 15 is 0 Å². The smallest absolute Gasteiger partial charge is 0.338 e. The van der Waals surface area contributed by atoms with Crippen molar-refractivity contribution in [1.29, 1.82) is 0 Å². The lowest BCUT2D eigenvalue weighted by atomic mass is 10.0. The summed E-state index contributed by atoms with van der Waals surface area (Å²) in [6.45, 7) is 4.66. The van der Waals surface area contributed by atoms with Crippen LogP contribution < -0.4 is 5.73 Å². The van der Waals surface area contributed by atoms with E-state index < -0.39 is 0 Å². The van der Waals surface area contributed by atoms with Crippen molar-refractivity contribution in [1.82, 2.24) is 14.5 Å². The number of aromatic nitrogens is 3. The van der Waals surface area contributed by atoms with Crippen molar-refractivity contribution >= 4 is 34.6 Å². The number of esters is 1. The van der Waals surface area contributed by atoms with Crippen molar-refractivity contribution < 1.29 is 9.53 Å². The van der Waals surface area contributed by atoms with Crippen molar-refractivity contribution in [3.63, 3.8) is 0 Å². The molecule has 6 nitrogen and oxygen atoms in total. The summed E-state index contributed by atoms with van der Waals surface area (Å²) in [6, 6.07) is 7.35. The lowest BCUT2D eigenvalue weighted by molar-refractivity contribution is 0.0526. The highest BCUT2D eigenvalue weighted by molar-refractivity contribution is 6.33. The number of ether oxygens (including phenoxy) is 1. The average Bonchev–Trinajstić information content (AvgIpc) is 2.92. The Morgan fingerprint density at radius 3 is 2.88 bits per heavy atom. The van der Waals surface area contributed by atoms with E-state index in [1.165, 1.54) is 0 Å². The second kappa shape index (κ2) is 6.49. The first-order valence-electron chi connectivity index (χ1n) is 7.54. The maximum absolute atomic E-state index is 11.9. The van der Waals surface area contributed by atoms with E-state index in [0.29, 0.717) is 34.9 Å². The summed E-state index contributed by atoms with van der Waals surface area (Å²) < 4.78 is 7.00. The summed E-state index contributed by atoms with van der Waals surface area (Å²) in [6.07, 6.45) is 1.88. The van der Waals surface area contributed by atoms with E-state index in [9.17, 15) is 4.79 Å². The zero-order valence-corrected chi connectivity index (χ0v) is 14.2. The molecular weight excluding hydrogens is 328 g/mol. The number of nitrogens with two attached hydrogens (primary N) is 1. The summed E-state index contributed by atoms with van der Waals surface area (Å²) >= 11 is 6.21. The fourth-order valence-corrected chi connectivity index (χ4v) is 2.87. The number of carbonyl (C=O) groups excluding carboxylic acids is 1. The monoisotopic (exact) mass is 344 g/mol. The van der Waals surface area contributed by atoms with E-state index in [1.807, 2.05) is 35.9 Å². The van der Waals surface area contributed by atoms with Crippen LogP contribution in [0.4, 0.5) is 5.95 Å². The molecule has 0 saturated heterocycles. The van der Waals surface area contributed by atoms with Gasteiger partial charge in [0.1, 0.15) is 5.52 Å². The third kappa shape index (κ3) is 3.05. The van der Waals surface area contributed by atoms with E-state index in [4.69, 9.17) is 22.1 Å². The lowest BCUT2D eigenvalue weighted by Gasteiger charge is -2.11. The molecule has 1 aromatic carbocycles. The Hall–Kier alpha value is -2.60. The van der Waals surface area contributed by atoms with Crippen LogP contribution >= 0.6 is 11.6 Å². The van der Waals surface area contributed by atoms with Crippen LogP contribution in [-0.4, -0.2) is 27.1 Å². The maximum atomic E-state index is 11.9. The molecule has 0 aliphatic carbocycles. The molecule has 2 N–H and O–H groups in total. The van der Waals surface area contributed by atoms with Crippen LogP contribution in [0.1, 0.15) is 28.4 Å². The molecule has 3 rings (SSSR count). The molecule has 0 bridgehead atoms. The largest absolute Gasteiger partial charge is 0.462 e. The molecule has 0 fully saturated rings. The van der Waals surface area contributed by atoms with Crippen molar-refractivity contribution in [3.05, 3.63) is 52.3 Å². The van der Waals surface area contributed by atoms with Gasteiger partial charge < -0.3 is 15.0 Å². The number of nitrogen functional groups attached to an aromatic ring is 1. The molecule has 0 unspecified atom stereocenters. The normalized spacial score (nSPS) is 11.0. The number of benzene rings is 1. The number of hydrogen-bond acceptors (Lipinski definition) is 5. The van der Waals surface area contributed by atoms with Crippen molar-refractivity contribution in [2.75, 3.05) is 12.3 Å². The Balaban J connectivity index is 1.99. The van der Waals surface area contributed by atoms with E-state index in [0.717, 1.165) is 11.1 Å². The van der Waals surface area contributed by atoms with Crippen LogP contribution in [-0.2, 0) is 11.3 Å². The van der Waals surface area contributed by atoms with Crippen LogP contribution in [0.2, 0.25) is 5.15 Å². The minimum Gasteiger partial charge on any atom is -0.462 e. The molecule has 0 aliphatic heterocycles. The van der Waals surface area contributed by atoms with Crippen LogP contribution in [0.5, 0.6) is 0 Å². The third-order valence-electron chi connectivity index (χ3n) is 3.79. The minimum atomic E-state index is -0.328. The van der Waals surface area contributed by atoms with Gasteiger partial charge in [0.2, 0.25) is 5.95 Å². The number of carbonyl (C=O) groups is 1. The van der Waals surface area contributed by atoms with Gasteiger partial charge in [0.05, 0.1) is 17.7 Å². The van der Waals surface area contributed by atoms with E-state index in [2.05, 4.69) is 9.97 Å². The fourth-order valence-electron chi connectivity index (χ4n) is 2.58. The lowest BCUT2D eigenvalue weighted by Crippen LogP contribution is -2.07. The molecule has 2 aromatic heterocycles. The quantitative estimate of drug-likeness (QED) is 0.580. The van der Waals surface area contributed by atoms with Crippen LogP contribution in [0.15, 0.2) is 30.5 Å². The molecular formula is C17H17ClN4O2. The van der Waals surface area contributed by atoms with Gasteiger partial charge in [-0.05, 0) is 43.2 Å². The summed E-state index contributed by atoms with van der Waals surface area (Å²) in [5.74, 6) is -0.184. The van der Waals surface area contributed by atoms with Gasteiger partial charge in [-0.25, -0.2) is 9.78 Å². The van der Waals surface area contributed by atoms with Crippen LogP contribution in [0.3, 0.4) is 0 Å². The second-order valence-corrected chi connectivity index (χ2v) is 5.77. The zero-order valence-electron chi connectivity index (χ0n) is 13.4. The molecule has 0 aliphatic rings. The molecule has 0 radical (unpaired) electrons. The van der Waals surface area contributed by atoms with Crippen molar-refractivity contribution in [3.8, 4) is 0 Å². The second-order valence-electron chi connectivity index (χ2n) is 5.41. The Morgan fingerprint density at radius 2 is 2.12 bits per heavy atom. The van der Waals surface area contributed by atoms with Gasteiger partial charge in [-0.15, -0.1) is 0 Å². The highest BCUT2D eigenvalue weighted by Crippen LogP contribution is 2.24. The number of rotatable bonds is 4. The predicted molar refractivity (Wildman–Crippen MR) is 93.2 cm³/mol. The highest BCUT2D eigenvalue weighted by atomic mass is 35.5. The maximum Gasteiger partial charge on any atom is 0.338 e. The van der Waals surface area contributed by atoms with Crippen molar-refractivity contribution in [2.45, 2.75) is 20.4 Å². The minimum absolute atomic E-state index is 0.144. The van der Waals surface area contributed by atoms with Crippen LogP contribution in [0, 0.1) is 6.92 Å². The summed E-state index contributed by atoms with van der Waals surface area (Å²) in [7, 11) is 0. The molecule has 124 valence electrons. The highest BCUT2D eigenvalue weighted by Gasteiger charge is 2.13. The standard InChI is InChI=1S/C17H17ClN4O2/c1-3-24-16(23)11-5-4-10(2)12(8-11)9-22-7-6-13-14(22)15(18)21-17(19)20-13/h4-8H,3,9H2,1-2H3,(H2,19,20,21). The number of hydrogen-bond donors (Lipinski definition) is 1. The van der Waals surface area contributed by atoms with Gasteiger partial charge >= 0.3 is 5.97 Å². The molecule has 0 atom stereocenters. The molecule has 0 saturated carbocycles. The molecule has 0 amide bonds. The predicted octanol–water partition coefficient (Wildman–Crippen LogP) is 3.20. The molecule has 2 heterocycles. The number of halogens is 1. The Kier molecular flexibility index (Phi) is 4.40. The summed E-state index contributed by atoms with van der Waals surface area (Å²) in [5, 5.41) is 0.307. The van der Waals surface area contributed by atoms with Gasteiger partial charge in [-0.1, -0.05) is 17.7 Å². The van der Waals surface area contributed by atoms with E-state index in [-0.39, 0.29) is 11.9 Å². The van der Waals surface area contributed by atoms with Gasteiger partial charge in [-0.2, -0.15) is 4.98 Å². The number of fused-ring (bicyclic) bond motifs is 1. The third-order valence-corrected chi connectivity index (χ3v) is 4.05. The zero-order chi connectivity index (χ0) is 17.3. The SMILES string of the molecule is CCOC(=O)c1ccc(C)c(Cn2ccc3nc(N)nc(Cl)c32)c1. The topological polar surface area (TPSA) is 83.0 Å². The van der Waals surface area contributed by atoms with E-state index in [1.54, 1.807) is 13.0 Å². The summed E-state index contributed by atoms with van der Waals surface area (Å²) in [4.78, 5) is 20.1. The van der Waals surface area contributed by atoms with Gasteiger partial charge in [0.15, 0.2) is 5.15 Å². The first-order chi connectivity index (χ1) is 11.5. The Morgan fingerprint density at radius 1 is 1.33 bits per heavy atom. The molecule has 3 aromatic rings. The number of aryl methyl sites for hydroxylation is 1. The number of nitrogens with zero attached hydrogens (tertiary/aromatic N) is 3. The van der Waals surface area contributed by atoms with Crippen LogP contribution in [0.25, 0.3) is 11.0 Å². The Labute approximate surface area is 144 Å². The van der Waals surface area contributed by atoms with Gasteiger partial charge in [0, 0.05) is 12.7 Å². The summed E-state index contributed by atoms with van der Waals surface area (Å²) in [5.41, 5.74) is 9.61. The molecule has 0 spiro atoms. The molecule has 24 heavy (non-hydrogen) atoms.